The molecule has 0 bridgehead atoms. The van der Waals surface area contributed by atoms with Gasteiger partial charge in [0.25, 0.3) is 0 Å². The molecular weight excluding hydrogens is 364 g/mol. The second-order valence-corrected chi connectivity index (χ2v) is 8.07. The molecule has 4 rings (SSSR count). The molecule has 0 spiro atoms. The molecule has 1 aromatic heterocycles. The van der Waals surface area contributed by atoms with Crippen molar-refractivity contribution < 1.29 is 9.53 Å². The van der Waals surface area contributed by atoms with Crippen molar-refractivity contribution in [2.45, 2.75) is 51.1 Å². The number of fused-ring (bicyclic) bond motifs is 1. The van der Waals surface area contributed by atoms with Crippen LogP contribution in [-0.4, -0.2) is 52.9 Å². The molecule has 1 aromatic carbocycles. The molecule has 3 heterocycles. The third-order valence-corrected chi connectivity index (χ3v) is 6.17. The lowest BCUT2D eigenvalue weighted by Crippen LogP contribution is -2.37. The molecule has 6 heteroatoms. The Bertz CT molecular complexity index is 870. The van der Waals surface area contributed by atoms with Crippen LogP contribution < -0.4 is 4.74 Å². The summed E-state index contributed by atoms with van der Waals surface area (Å²) in [5, 5.41) is 0. The van der Waals surface area contributed by atoms with E-state index in [0.717, 1.165) is 54.3 Å². The summed E-state index contributed by atoms with van der Waals surface area (Å²) in [5.74, 6) is 1.97. The van der Waals surface area contributed by atoms with Crippen molar-refractivity contribution in [3.8, 4) is 5.75 Å². The fraction of sp³-hybridized carbons (Fsp3) is 0.522. The number of likely N-dealkylation sites (tertiary alicyclic amines) is 1. The molecule has 1 fully saturated rings. The van der Waals surface area contributed by atoms with E-state index in [4.69, 9.17) is 9.72 Å². The highest BCUT2D eigenvalue weighted by molar-refractivity contribution is 5.76. The van der Waals surface area contributed by atoms with E-state index in [0.29, 0.717) is 25.4 Å². The van der Waals surface area contributed by atoms with Crippen LogP contribution >= 0.6 is 0 Å². The lowest BCUT2D eigenvalue weighted by Gasteiger charge is -2.33. The fourth-order valence-corrected chi connectivity index (χ4v) is 4.42. The summed E-state index contributed by atoms with van der Waals surface area (Å²) in [6.07, 6.45) is 7.55. The van der Waals surface area contributed by atoms with E-state index < -0.39 is 0 Å². The number of nitrogens with zero attached hydrogens (tertiary/aromatic N) is 4. The van der Waals surface area contributed by atoms with Gasteiger partial charge >= 0.3 is 0 Å². The molecule has 0 aliphatic carbocycles. The Balaban J connectivity index is 1.39. The first-order valence-corrected chi connectivity index (χ1v) is 10.6. The van der Waals surface area contributed by atoms with Gasteiger partial charge in [-0.2, -0.15) is 0 Å². The molecule has 1 amide bonds. The van der Waals surface area contributed by atoms with Crippen molar-refractivity contribution in [2.75, 3.05) is 27.2 Å². The Morgan fingerprint density at radius 1 is 1.24 bits per heavy atom. The first kappa shape index (κ1) is 19.8. The molecular formula is C23H30N4O2. The lowest BCUT2D eigenvalue weighted by molar-refractivity contribution is -0.132. The molecule has 29 heavy (non-hydrogen) atoms. The SMILES string of the molecule is COc1ccccc1CCC(=O)N1CCc2nc(C3CCCCN3C)ncc2C1. The summed E-state index contributed by atoms with van der Waals surface area (Å²) in [7, 11) is 3.83. The second kappa shape index (κ2) is 8.91. The van der Waals surface area contributed by atoms with Crippen LogP contribution in [-0.2, 0) is 24.2 Å². The average molecular weight is 395 g/mol. The smallest absolute Gasteiger partial charge is 0.223 e. The van der Waals surface area contributed by atoms with Gasteiger partial charge in [0.05, 0.1) is 18.8 Å². The van der Waals surface area contributed by atoms with E-state index in [2.05, 4.69) is 16.9 Å². The van der Waals surface area contributed by atoms with Gasteiger partial charge in [0.1, 0.15) is 11.6 Å². The van der Waals surface area contributed by atoms with E-state index in [9.17, 15) is 4.79 Å². The van der Waals surface area contributed by atoms with E-state index in [1.165, 1.54) is 12.8 Å². The van der Waals surface area contributed by atoms with Crippen molar-refractivity contribution in [2.24, 2.45) is 0 Å². The molecule has 154 valence electrons. The van der Waals surface area contributed by atoms with Gasteiger partial charge in [-0.3, -0.25) is 9.69 Å². The molecule has 2 aliphatic heterocycles. The number of carbonyl (C=O) groups is 1. The zero-order chi connectivity index (χ0) is 20.2. The minimum Gasteiger partial charge on any atom is -0.496 e. The number of amides is 1. The largest absolute Gasteiger partial charge is 0.496 e. The van der Waals surface area contributed by atoms with Crippen LogP contribution in [0.15, 0.2) is 30.5 Å². The minimum absolute atomic E-state index is 0.178. The molecule has 1 atom stereocenters. The molecule has 1 unspecified atom stereocenters. The highest BCUT2D eigenvalue weighted by Crippen LogP contribution is 2.28. The summed E-state index contributed by atoms with van der Waals surface area (Å²) in [6.45, 7) is 2.45. The number of rotatable bonds is 5. The standard InChI is InChI=1S/C23H30N4O2/c1-26-13-6-5-8-20(26)23-24-15-18-16-27(14-12-19(18)25-23)22(28)11-10-17-7-3-4-9-21(17)29-2/h3-4,7,9,15,20H,5-6,8,10-14,16H2,1-2H3. The van der Waals surface area contributed by atoms with Crippen molar-refractivity contribution in [3.05, 3.63) is 53.1 Å². The summed E-state index contributed by atoms with van der Waals surface area (Å²) in [4.78, 5) is 26.6. The molecule has 6 nitrogen and oxygen atoms in total. The molecule has 0 saturated carbocycles. The second-order valence-electron chi connectivity index (χ2n) is 8.07. The van der Waals surface area contributed by atoms with Gasteiger partial charge in [-0.25, -0.2) is 9.97 Å². The number of aryl methyl sites for hydroxylation is 1. The Labute approximate surface area is 172 Å². The van der Waals surface area contributed by atoms with Gasteiger partial charge in [-0.1, -0.05) is 24.6 Å². The van der Waals surface area contributed by atoms with Crippen LogP contribution in [0.2, 0.25) is 0 Å². The molecule has 2 aromatic rings. The molecule has 0 radical (unpaired) electrons. The fourth-order valence-electron chi connectivity index (χ4n) is 4.42. The zero-order valence-electron chi connectivity index (χ0n) is 17.4. The van der Waals surface area contributed by atoms with Gasteiger partial charge in [-0.15, -0.1) is 0 Å². The monoisotopic (exact) mass is 394 g/mol. The highest BCUT2D eigenvalue weighted by atomic mass is 16.5. The van der Waals surface area contributed by atoms with Crippen molar-refractivity contribution >= 4 is 5.91 Å². The lowest BCUT2D eigenvalue weighted by atomic mass is 10.0. The van der Waals surface area contributed by atoms with Crippen LogP contribution in [0.25, 0.3) is 0 Å². The predicted octanol–water partition coefficient (Wildman–Crippen LogP) is 3.16. The zero-order valence-corrected chi connectivity index (χ0v) is 17.4. The Morgan fingerprint density at radius 2 is 2.10 bits per heavy atom. The van der Waals surface area contributed by atoms with Crippen LogP contribution in [0.4, 0.5) is 0 Å². The third kappa shape index (κ3) is 4.42. The van der Waals surface area contributed by atoms with Crippen LogP contribution in [0, 0.1) is 0 Å². The number of aromatic nitrogens is 2. The number of hydrogen-bond acceptors (Lipinski definition) is 5. The molecule has 1 saturated heterocycles. The minimum atomic E-state index is 0.178. The predicted molar refractivity (Wildman–Crippen MR) is 112 cm³/mol. The summed E-state index contributed by atoms with van der Waals surface area (Å²) in [5.41, 5.74) is 3.28. The first-order chi connectivity index (χ1) is 14.2. The summed E-state index contributed by atoms with van der Waals surface area (Å²) < 4.78 is 5.39. The first-order valence-electron chi connectivity index (χ1n) is 10.6. The normalized spacial score (nSPS) is 19.7. The Kier molecular flexibility index (Phi) is 6.09. The van der Waals surface area contributed by atoms with E-state index in [-0.39, 0.29) is 5.91 Å². The Morgan fingerprint density at radius 3 is 2.93 bits per heavy atom. The molecule has 0 N–H and O–H groups in total. The van der Waals surface area contributed by atoms with Crippen LogP contribution in [0.3, 0.4) is 0 Å². The number of ether oxygens (including phenoxy) is 1. The van der Waals surface area contributed by atoms with Gasteiger partial charge in [0.15, 0.2) is 0 Å². The topological polar surface area (TPSA) is 58.6 Å². The van der Waals surface area contributed by atoms with E-state index >= 15 is 0 Å². The van der Waals surface area contributed by atoms with Crippen LogP contribution in [0.5, 0.6) is 5.75 Å². The third-order valence-electron chi connectivity index (χ3n) is 6.17. The maximum atomic E-state index is 12.8. The van der Waals surface area contributed by atoms with Gasteiger partial charge in [0.2, 0.25) is 5.91 Å². The number of carbonyl (C=O) groups excluding carboxylic acids is 1. The maximum Gasteiger partial charge on any atom is 0.223 e. The van der Waals surface area contributed by atoms with Crippen LogP contribution in [0.1, 0.15) is 54.4 Å². The number of benzene rings is 1. The van der Waals surface area contributed by atoms with Crippen molar-refractivity contribution in [1.82, 2.24) is 19.8 Å². The number of piperidine rings is 1. The number of methoxy groups -OCH3 is 1. The average Bonchev–Trinajstić information content (AvgIpc) is 2.77. The van der Waals surface area contributed by atoms with Crippen molar-refractivity contribution in [1.29, 1.82) is 0 Å². The number of hydrogen-bond donors (Lipinski definition) is 0. The molecule has 2 aliphatic rings. The number of para-hydroxylation sites is 1. The summed E-state index contributed by atoms with van der Waals surface area (Å²) in [6, 6.07) is 8.23. The summed E-state index contributed by atoms with van der Waals surface area (Å²) >= 11 is 0. The quantitative estimate of drug-likeness (QED) is 0.780. The van der Waals surface area contributed by atoms with Gasteiger partial charge in [0, 0.05) is 37.7 Å². The Hall–Kier alpha value is -2.47. The van der Waals surface area contributed by atoms with Gasteiger partial charge < -0.3 is 9.64 Å². The maximum absolute atomic E-state index is 12.8. The van der Waals surface area contributed by atoms with Gasteiger partial charge in [-0.05, 0) is 44.5 Å². The highest BCUT2D eigenvalue weighted by Gasteiger charge is 2.26. The van der Waals surface area contributed by atoms with E-state index in [1.807, 2.05) is 35.4 Å². The van der Waals surface area contributed by atoms with Crippen molar-refractivity contribution in [3.63, 3.8) is 0 Å². The van der Waals surface area contributed by atoms with E-state index in [1.54, 1.807) is 7.11 Å².